The molecule has 1 unspecified atom stereocenters. The minimum absolute atomic E-state index is 0.0321. The number of hydrogen-bond acceptors (Lipinski definition) is 4. The molecule has 140 valence electrons. The van der Waals surface area contributed by atoms with E-state index in [1.54, 1.807) is 17.1 Å². The lowest BCUT2D eigenvalue weighted by atomic mass is 10.1. The summed E-state index contributed by atoms with van der Waals surface area (Å²) in [4.78, 5) is 19.7. The number of aryl methyl sites for hydroxylation is 1. The molecule has 0 spiro atoms. The third-order valence-electron chi connectivity index (χ3n) is 4.95. The van der Waals surface area contributed by atoms with Gasteiger partial charge >= 0.3 is 0 Å². The molecule has 7 nitrogen and oxygen atoms in total. The first-order valence-electron chi connectivity index (χ1n) is 8.85. The third-order valence-corrected chi connectivity index (χ3v) is 5.19. The topological polar surface area (TPSA) is 68.0 Å². The molecule has 27 heavy (non-hydrogen) atoms. The fraction of sp³-hybridized carbons (Fsp3) is 0.316. The van der Waals surface area contributed by atoms with Gasteiger partial charge in [0, 0.05) is 44.1 Å². The summed E-state index contributed by atoms with van der Waals surface area (Å²) in [6.45, 7) is 3.96. The lowest BCUT2D eigenvalue weighted by molar-refractivity contribution is 0.0620. The van der Waals surface area contributed by atoms with Crippen LogP contribution in [0.1, 0.15) is 27.9 Å². The van der Waals surface area contributed by atoms with Crippen molar-refractivity contribution >= 4 is 17.5 Å². The lowest BCUT2D eigenvalue weighted by Gasteiger charge is -2.35. The van der Waals surface area contributed by atoms with Crippen LogP contribution in [-0.2, 0) is 7.05 Å². The molecule has 0 radical (unpaired) electrons. The summed E-state index contributed by atoms with van der Waals surface area (Å²) in [5.74, 6) is 0.839. The number of aromatic nitrogens is 4. The second-order valence-electron chi connectivity index (χ2n) is 6.65. The summed E-state index contributed by atoms with van der Waals surface area (Å²) in [6.07, 6.45) is 5.29. The summed E-state index contributed by atoms with van der Waals surface area (Å²) >= 11 is 6.10. The van der Waals surface area contributed by atoms with Gasteiger partial charge in [0.2, 0.25) is 0 Å². The van der Waals surface area contributed by atoms with Crippen LogP contribution >= 0.6 is 11.6 Å². The predicted octanol–water partition coefficient (Wildman–Crippen LogP) is 2.35. The van der Waals surface area contributed by atoms with Crippen LogP contribution in [0.2, 0.25) is 5.02 Å². The average molecular weight is 385 g/mol. The van der Waals surface area contributed by atoms with Gasteiger partial charge in [-0.3, -0.25) is 4.79 Å². The van der Waals surface area contributed by atoms with Crippen LogP contribution in [0.5, 0.6) is 0 Å². The van der Waals surface area contributed by atoms with E-state index in [2.05, 4.69) is 15.4 Å². The molecule has 1 N–H and O–H groups in total. The van der Waals surface area contributed by atoms with Crippen molar-refractivity contribution in [3.05, 3.63) is 65.0 Å². The number of carbonyl (C=O) groups is 1. The smallest absolute Gasteiger partial charge is 0.258 e. The minimum atomic E-state index is -0.111. The van der Waals surface area contributed by atoms with Crippen molar-refractivity contribution in [2.75, 3.05) is 19.6 Å². The number of rotatable bonds is 3. The van der Waals surface area contributed by atoms with E-state index in [1.165, 1.54) is 0 Å². The van der Waals surface area contributed by atoms with Crippen molar-refractivity contribution in [2.24, 2.45) is 7.05 Å². The maximum atomic E-state index is 13.3. The van der Waals surface area contributed by atoms with Crippen LogP contribution in [0.3, 0.4) is 0 Å². The Morgan fingerprint density at radius 3 is 2.96 bits per heavy atom. The highest BCUT2D eigenvalue weighted by Gasteiger charge is 2.32. The zero-order valence-corrected chi connectivity index (χ0v) is 16.0. The number of nitrogens with zero attached hydrogens (tertiary/aromatic N) is 5. The van der Waals surface area contributed by atoms with Crippen molar-refractivity contribution in [3.8, 4) is 5.69 Å². The van der Waals surface area contributed by atoms with Gasteiger partial charge in [0.25, 0.3) is 5.91 Å². The summed E-state index contributed by atoms with van der Waals surface area (Å²) < 4.78 is 3.71. The molecule has 1 saturated heterocycles. The van der Waals surface area contributed by atoms with Crippen LogP contribution in [-0.4, -0.2) is 49.8 Å². The van der Waals surface area contributed by atoms with E-state index in [4.69, 9.17) is 11.6 Å². The van der Waals surface area contributed by atoms with Gasteiger partial charge in [-0.15, -0.1) is 0 Å². The number of carbonyl (C=O) groups excluding carboxylic acids is 1. The van der Waals surface area contributed by atoms with Crippen LogP contribution < -0.4 is 5.32 Å². The molecule has 3 heterocycles. The molecule has 8 heteroatoms. The number of hydrogen-bond donors (Lipinski definition) is 1. The van der Waals surface area contributed by atoms with Gasteiger partial charge < -0.3 is 14.8 Å². The summed E-state index contributed by atoms with van der Waals surface area (Å²) in [7, 11) is 1.95. The molecule has 1 amide bonds. The molecular weight excluding hydrogens is 364 g/mol. The normalized spacial score (nSPS) is 17.3. The Bertz CT molecular complexity index is 978. The molecule has 1 aliphatic rings. The molecule has 1 fully saturated rings. The first-order valence-corrected chi connectivity index (χ1v) is 9.23. The number of nitrogens with one attached hydrogen (secondary N) is 1. The molecule has 0 aliphatic carbocycles. The van der Waals surface area contributed by atoms with Crippen molar-refractivity contribution in [1.29, 1.82) is 0 Å². The number of amides is 1. The number of piperazine rings is 1. The number of halogens is 1. The van der Waals surface area contributed by atoms with E-state index in [-0.39, 0.29) is 11.9 Å². The zero-order valence-electron chi connectivity index (χ0n) is 15.3. The molecule has 1 aromatic carbocycles. The number of imidazole rings is 1. The van der Waals surface area contributed by atoms with Crippen LogP contribution in [0.25, 0.3) is 5.69 Å². The van der Waals surface area contributed by atoms with Crippen LogP contribution in [0, 0.1) is 6.92 Å². The van der Waals surface area contributed by atoms with Crippen molar-refractivity contribution < 1.29 is 4.79 Å². The highest BCUT2D eigenvalue weighted by Crippen LogP contribution is 2.25. The van der Waals surface area contributed by atoms with Crippen molar-refractivity contribution in [2.45, 2.75) is 13.0 Å². The van der Waals surface area contributed by atoms with Gasteiger partial charge in [0.15, 0.2) is 0 Å². The fourth-order valence-corrected chi connectivity index (χ4v) is 3.70. The summed E-state index contributed by atoms with van der Waals surface area (Å²) in [5, 5.41) is 8.41. The first-order chi connectivity index (χ1) is 13.1. The predicted molar refractivity (Wildman–Crippen MR) is 103 cm³/mol. The van der Waals surface area contributed by atoms with E-state index in [0.29, 0.717) is 23.7 Å². The van der Waals surface area contributed by atoms with E-state index >= 15 is 0 Å². The van der Waals surface area contributed by atoms with Gasteiger partial charge in [-0.25, -0.2) is 9.67 Å². The monoisotopic (exact) mass is 384 g/mol. The van der Waals surface area contributed by atoms with E-state index in [0.717, 1.165) is 23.8 Å². The first kappa shape index (κ1) is 17.8. The quantitative estimate of drug-likeness (QED) is 0.752. The molecule has 1 aliphatic heterocycles. The Morgan fingerprint density at radius 1 is 1.37 bits per heavy atom. The van der Waals surface area contributed by atoms with Gasteiger partial charge in [-0.05, 0) is 25.1 Å². The molecule has 3 aromatic rings. The molecule has 4 rings (SSSR count). The molecule has 0 saturated carbocycles. The minimum Gasteiger partial charge on any atom is -0.336 e. The average Bonchev–Trinajstić information content (AvgIpc) is 3.27. The Hall–Kier alpha value is -2.64. The Balaban J connectivity index is 1.67. The fourth-order valence-electron chi connectivity index (χ4n) is 3.52. The van der Waals surface area contributed by atoms with Crippen LogP contribution in [0.4, 0.5) is 0 Å². The Morgan fingerprint density at radius 2 is 2.22 bits per heavy atom. The zero-order chi connectivity index (χ0) is 19.0. The lowest BCUT2D eigenvalue weighted by Crippen LogP contribution is -2.49. The highest BCUT2D eigenvalue weighted by atomic mass is 35.5. The second-order valence-corrected chi connectivity index (χ2v) is 7.09. The van der Waals surface area contributed by atoms with Gasteiger partial charge in [0.05, 0.1) is 23.1 Å². The van der Waals surface area contributed by atoms with Crippen molar-refractivity contribution in [3.63, 3.8) is 0 Å². The van der Waals surface area contributed by atoms with Crippen LogP contribution in [0.15, 0.2) is 42.9 Å². The summed E-state index contributed by atoms with van der Waals surface area (Å²) in [6, 6.07) is 7.32. The Labute approximate surface area is 162 Å². The maximum Gasteiger partial charge on any atom is 0.258 e. The molecule has 0 bridgehead atoms. The van der Waals surface area contributed by atoms with Crippen molar-refractivity contribution in [1.82, 2.24) is 29.5 Å². The third kappa shape index (κ3) is 3.24. The molecular formula is C19H21ClN6O. The van der Waals surface area contributed by atoms with E-state index in [1.807, 2.05) is 53.9 Å². The Kier molecular flexibility index (Phi) is 4.72. The van der Waals surface area contributed by atoms with Gasteiger partial charge in [-0.1, -0.05) is 17.7 Å². The standard InChI is InChI=1S/C19H21ClN6O/c1-13-16(11-23-26(13)15-5-3-4-14(20)10-15)19(27)25-9-6-21-12-17(25)18-22-7-8-24(18)2/h3-5,7-8,10-11,17,21H,6,9,12H2,1-2H3. The van der Waals surface area contributed by atoms with Gasteiger partial charge in [-0.2, -0.15) is 5.10 Å². The number of benzene rings is 1. The second kappa shape index (κ2) is 7.17. The van der Waals surface area contributed by atoms with E-state index < -0.39 is 0 Å². The molecule has 1 atom stereocenters. The van der Waals surface area contributed by atoms with E-state index in [9.17, 15) is 4.79 Å². The maximum absolute atomic E-state index is 13.3. The molecule has 2 aromatic heterocycles. The summed E-state index contributed by atoms with van der Waals surface area (Å²) in [5.41, 5.74) is 2.22. The highest BCUT2D eigenvalue weighted by molar-refractivity contribution is 6.30. The largest absolute Gasteiger partial charge is 0.336 e. The van der Waals surface area contributed by atoms with Gasteiger partial charge in [0.1, 0.15) is 11.9 Å². The SMILES string of the molecule is Cc1c(C(=O)N2CCNCC2c2nccn2C)cnn1-c1cccc(Cl)c1.